The van der Waals surface area contributed by atoms with E-state index < -0.39 is 15.8 Å². The minimum absolute atomic E-state index is 0. The average molecular weight is 494 g/mol. The maximum Gasteiger partial charge on any atom is 0 e. The van der Waals surface area contributed by atoms with Crippen molar-refractivity contribution in [1.29, 1.82) is 0 Å². The Balaban J connectivity index is 0.00000259. The SMILES string of the molecule is [Ti].c1ccc(P(c2ccccc2)c2ccccc2P(c2ccccc2)c2ccccc2)cc1. The van der Waals surface area contributed by atoms with E-state index in [1.165, 1.54) is 31.8 Å². The first-order valence-corrected chi connectivity index (χ1v) is 13.5. The van der Waals surface area contributed by atoms with Crippen molar-refractivity contribution in [2.75, 3.05) is 0 Å². The minimum atomic E-state index is -0.664. The summed E-state index contributed by atoms with van der Waals surface area (Å²) in [5, 5.41) is 8.43. The summed E-state index contributed by atoms with van der Waals surface area (Å²) in [4.78, 5) is 0. The van der Waals surface area contributed by atoms with Gasteiger partial charge in [-0.25, -0.2) is 0 Å². The third-order valence-electron chi connectivity index (χ3n) is 5.42. The summed E-state index contributed by atoms with van der Waals surface area (Å²) >= 11 is 0. The summed E-state index contributed by atoms with van der Waals surface area (Å²) in [6, 6.07) is 53.0. The third-order valence-corrected chi connectivity index (χ3v) is 10.6. The molecular weight excluding hydrogens is 470 g/mol. The van der Waals surface area contributed by atoms with E-state index in [1.54, 1.807) is 0 Å². The molecule has 0 saturated carbocycles. The second kappa shape index (κ2) is 11.7. The van der Waals surface area contributed by atoms with Gasteiger partial charge < -0.3 is 0 Å². The van der Waals surface area contributed by atoms with Crippen LogP contribution < -0.4 is 31.8 Å². The molecule has 5 rings (SSSR count). The zero-order valence-corrected chi connectivity index (χ0v) is 21.6. The smallest absolute Gasteiger partial charge is 0 e. The summed E-state index contributed by atoms with van der Waals surface area (Å²) in [5.41, 5.74) is 0. The Bertz CT molecular complexity index is 1080. The van der Waals surface area contributed by atoms with Crippen molar-refractivity contribution in [3.8, 4) is 0 Å². The molecule has 0 unspecified atom stereocenters. The average Bonchev–Trinajstić information content (AvgIpc) is 2.88. The van der Waals surface area contributed by atoms with E-state index in [0.717, 1.165) is 0 Å². The molecule has 0 aromatic heterocycles. The van der Waals surface area contributed by atoms with Crippen LogP contribution in [-0.4, -0.2) is 0 Å². The summed E-state index contributed by atoms with van der Waals surface area (Å²) in [6.07, 6.45) is 0. The van der Waals surface area contributed by atoms with Crippen LogP contribution in [0.5, 0.6) is 0 Å². The molecule has 5 aromatic carbocycles. The Morgan fingerprint density at radius 2 is 0.485 bits per heavy atom. The molecule has 0 heterocycles. The fourth-order valence-electron chi connectivity index (χ4n) is 4.01. The van der Waals surface area contributed by atoms with Crippen LogP contribution in [0.15, 0.2) is 146 Å². The van der Waals surface area contributed by atoms with Crippen LogP contribution in [0.4, 0.5) is 0 Å². The molecule has 0 amide bonds. The number of benzene rings is 5. The predicted molar refractivity (Wildman–Crippen MR) is 144 cm³/mol. The van der Waals surface area contributed by atoms with Gasteiger partial charge in [0.2, 0.25) is 0 Å². The van der Waals surface area contributed by atoms with Crippen molar-refractivity contribution in [1.82, 2.24) is 0 Å². The fraction of sp³-hybridized carbons (Fsp3) is 0. The van der Waals surface area contributed by atoms with E-state index in [2.05, 4.69) is 146 Å². The predicted octanol–water partition coefficient (Wildman–Crippen LogP) is 5.20. The Hall–Kier alpha value is -2.33. The molecule has 5 aromatic rings. The molecule has 0 atom stereocenters. The van der Waals surface area contributed by atoms with Crippen molar-refractivity contribution in [2.45, 2.75) is 0 Å². The Morgan fingerprint density at radius 1 is 0.273 bits per heavy atom. The fourth-order valence-corrected chi connectivity index (χ4v) is 9.27. The van der Waals surface area contributed by atoms with Crippen molar-refractivity contribution in [2.24, 2.45) is 0 Å². The van der Waals surface area contributed by atoms with Crippen LogP contribution in [-0.2, 0) is 21.7 Å². The summed E-state index contributed by atoms with van der Waals surface area (Å²) in [6.45, 7) is 0. The van der Waals surface area contributed by atoms with Gasteiger partial charge in [0.1, 0.15) is 0 Å². The summed E-state index contributed by atoms with van der Waals surface area (Å²) in [5.74, 6) is 0. The maximum atomic E-state index is 2.35. The van der Waals surface area contributed by atoms with Gasteiger partial charge in [-0.1, -0.05) is 146 Å². The zero-order valence-electron chi connectivity index (χ0n) is 18.3. The van der Waals surface area contributed by atoms with Gasteiger partial charge in [-0.3, -0.25) is 0 Å². The van der Waals surface area contributed by atoms with Crippen LogP contribution in [0.2, 0.25) is 0 Å². The van der Waals surface area contributed by atoms with Crippen molar-refractivity contribution < 1.29 is 21.7 Å². The van der Waals surface area contributed by atoms with Crippen molar-refractivity contribution in [3.05, 3.63) is 146 Å². The molecule has 0 aliphatic carbocycles. The molecule has 0 bridgehead atoms. The maximum absolute atomic E-state index is 2.35. The first-order valence-electron chi connectivity index (χ1n) is 10.8. The molecule has 0 N–H and O–H groups in total. The molecule has 3 heteroatoms. The topological polar surface area (TPSA) is 0 Å². The first kappa shape index (κ1) is 23.8. The van der Waals surface area contributed by atoms with E-state index >= 15 is 0 Å². The van der Waals surface area contributed by atoms with Gasteiger partial charge in [0.25, 0.3) is 0 Å². The molecule has 0 saturated heterocycles. The largest absolute Gasteiger partial charge is 0.0622 e. The molecule has 0 aliphatic heterocycles. The van der Waals surface area contributed by atoms with E-state index in [4.69, 9.17) is 0 Å². The minimum Gasteiger partial charge on any atom is -0.0622 e. The number of hydrogen-bond donors (Lipinski definition) is 0. The molecular formula is C30H24P2Ti. The molecule has 0 fully saturated rings. The van der Waals surface area contributed by atoms with Crippen LogP contribution >= 0.6 is 15.8 Å². The van der Waals surface area contributed by atoms with Crippen molar-refractivity contribution >= 4 is 47.7 Å². The van der Waals surface area contributed by atoms with Crippen LogP contribution in [0, 0.1) is 0 Å². The second-order valence-corrected chi connectivity index (χ2v) is 11.9. The van der Waals surface area contributed by atoms with Gasteiger partial charge in [-0.05, 0) is 47.7 Å². The summed E-state index contributed by atoms with van der Waals surface area (Å²) in [7, 11) is -1.33. The van der Waals surface area contributed by atoms with Gasteiger partial charge in [0.05, 0.1) is 0 Å². The zero-order chi connectivity index (χ0) is 21.6. The molecule has 33 heavy (non-hydrogen) atoms. The second-order valence-electron chi connectivity index (χ2n) is 7.50. The van der Waals surface area contributed by atoms with Crippen LogP contribution in [0.1, 0.15) is 0 Å². The van der Waals surface area contributed by atoms with Crippen LogP contribution in [0.3, 0.4) is 0 Å². The van der Waals surface area contributed by atoms with Gasteiger partial charge in [-0.15, -0.1) is 0 Å². The monoisotopic (exact) mass is 494 g/mol. The Morgan fingerprint density at radius 3 is 0.727 bits per heavy atom. The van der Waals surface area contributed by atoms with E-state index in [0.29, 0.717) is 0 Å². The van der Waals surface area contributed by atoms with E-state index in [-0.39, 0.29) is 21.7 Å². The van der Waals surface area contributed by atoms with Crippen LogP contribution in [0.25, 0.3) is 0 Å². The molecule has 0 aliphatic rings. The van der Waals surface area contributed by atoms with Crippen molar-refractivity contribution in [3.63, 3.8) is 0 Å². The van der Waals surface area contributed by atoms with E-state index in [9.17, 15) is 0 Å². The molecule has 0 radical (unpaired) electrons. The molecule has 158 valence electrons. The number of rotatable bonds is 6. The standard InChI is InChI=1S/C30H24P2.Ti/c1-5-15-25(16-6-1)31(26-17-7-2-8-18-26)29-23-13-14-24-30(29)32(27-19-9-3-10-20-27)28-21-11-4-12-22-28;/h1-24H;. The third kappa shape index (κ3) is 5.43. The number of hydrogen-bond acceptors (Lipinski definition) is 0. The molecule has 0 nitrogen and oxygen atoms in total. The summed E-state index contributed by atoms with van der Waals surface area (Å²) < 4.78 is 0. The normalized spacial score (nSPS) is 10.7. The quantitative estimate of drug-likeness (QED) is 0.225. The Kier molecular flexibility index (Phi) is 8.44. The Labute approximate surface area is 214 Å². The molecule has 0 spiro atoms. The van der Waals surface area contributed by atoms with Gasteiger partial charge >= 0.3 is 0 Å². The van der Waals surface area contributed by atoms with E-state index in [1.807, 2.05) is 0 Å². The van der Waals surface area contributed by atoms with Gasteiger partial charge in [0.15, 0.2) is 0 Å². The van der Waals surface area contributed by atoms with Gasteiger partial charge in [-0.2, -0.15) is 0 Å². The van der Waals surface area contributed by atoms with Gasteiger partial charge in [0, 0.05) is 21.7 Å². The first-order chi connectivity index (χ1) is 15.9.